The zero-order valence-corrected chi connectivity index (χ0v) is 9.60. The van der Waals surface area contributed by atoms with Gasteiger partial charge in [-0.3, -0.25) is 0 Å². The van der Waals surface area contributed by atoms with Crippen molar-refractivity contribution in [2.45, 2.75) is 36.3 Å². The fourth-order valence-corrected chi connectivity index (χ4v) is 1.62. The lowest BCUT2D eigenvalue weighted by molar-refractivity contribution is -0.136. The number of hydrogen-bond acceptors (Lipinski definition) is 1. The molecule has 5 heteroatoms. The number of alkyl halides is 4. The van der Waals surface area contributed by atoms with Crippen LogP contribution in [-0.4, -0.2) is 21.8 Å². The molecule has 0 aliphatic rings. The monoisotopic (exact) mass is 310 g/mol. The minimum atomic E-state index is -4.06. The Kier molecular flexibility index (Phi) is 6.28. The molecule has 0 fully saturated rings. The summed E-state index contributed by atoms with van der Waals surface area (Å²) in [5.41, 5.74) is 0. The first kappa shape index (κ1) is 13.5. The number of halogens is 4. The lowest BCUT2D eigenvalue weighted by atomic mass is 10.0. The van der Waals surface area contributed by atoms with Crippen LogP contribution in [0.3, 0.4) is 0 Å². The fourth-order valence-electron chi connectivity index (χ4n) is 1.03. The predicted octanol–water partition coefficient (Wildman–Crippen LogP) is 3.15. The summed E-state index contributed by atoms with van der Waals surface area (Å²) < 4.78 is 35.5. The van der Waals surface area contributed by atoms with E-state index in [9.17, 15) is 13.2 Å². The molecule has 0 aromatic carbocycles. The summed E-state index contributed by atoms with van der Waals surface area (Å²) in [6.07, 6.45) is -4.25. The maximum absolute atomic E-state index is 11.7. The van der Waals surface area contributed by atoms with E-state index in [0.717, 1.165) is 0 Å². The van der Waals surface area contributed by atoms with E-state index < -0.39 is 12.6 Å². The zero-order chi connectivity index (χ0) is 10.5. The maximum Gasteiger partial charge on any atom is 0.389 e. The topological polar surface area (TPSA) is 20.2 Å². The van der Waals surface area contributed by atoms with Crippen molar-refractivity contribution < 1.29 is 18.3 Å². The third kappa shape index (κ3) is 7.54. The molecule has 0 aliphatic carbocycles. The highest BCUT2D eigenvalue weighted by Gasteiger charge is 2.27. The summed E-state index contributed by atoms with van der Waals surface area (Å²) in [6, 6.07) is 0. The van der Waals surface area contributed by atoms with E-state index >= 15 is 0 Å². The summed E-state index contributed by atoms with van der Waals surface area (Å²) in [6.45, 7) is 1.87. The molecule has 0 amide bonds. The summed E-state index contributed by atoms with van der Waals surface area (Å²) in [5.74, 6) is -0.0112. The first-order chi connectivity index (χ1) is 5.87. The first-order valence-corrected chi connectivity index (χ1v) is 5.43. The van der Waals surface area contributed by atoms with Crippen molar-refractivity contribution in [2.24, 2.45) is 5.92 Å². The molecule has 2 atom stereocenters. The molecule has 0 bridgehead atoms. The average Bonchev–Trinajstić information content (AvgIpc) is 1.95. The summed E-state index contributed by atoms with van der Waals surface area (Å²) in [7, 11) is 0. The molecule has 0 spiro atoms. The van der Waals surface area contributed by atoms with Crippen molar-refractivity contribution in [3.05, 3.63) is 0 Å². The third-order valence-electron chi connectivity index (χ3n) is 1.92. The van der Waals surface area contributed by atoms with Crippen molar-refractivity contribution >= 4 is 22.6 Å². The van der Waals surface area contributed by atoms with Crippen LogP contribution in [-0.2, 0) is 0 Å². The smallest absolute Gasteiger partial charge is 0.389 e. The van der Waals surface area contributed by atoms with Crippen LogP contribution in [0, 0.1) is 5.92 Å². The average molecular weight is 310 g/mol. The highest BCUT2D eigenvalue weighted by atomic mass is 127. The second-order valence-electron chi connectivity index (χ2n) is 3.13. The third-order valence-corrected chi connectivity index (χ3v) is 2.94. The second kappa shape index (κ2) is 6.06. The van der Waals surface area contributed by atoms with E-state index in [1.54, 1.807) is 0 Å². The maximum atomic E-state index is 11.7. The van der Waals surface area contributed by atoms with E-state index in [4.69, 9.17) is 5.11 Å². The molecule has 1 nitrogen and oxygen atoms in total. The number of aliphatic hydroxyl groups excluding tert-OH is 1. The fraction of sp³-hybridized carbons (Fsp3) is 1.00. The van der Waals surface area contributed by atoms with Crippen LogP contribution in [0.1, 0.15) is 26.2 Å². The molecule has 80 valence electrons. The molecule has 0 radical (unpaired) electrons. The van der Waals surface area contributed by atoms with Gasteiger partial charge in [-0.2, -0.15) is 13.2 Å². The minimum absolute atomic E-state index is 0.0112. The number of hydrogen-bond donors (Lipinski definition) is 1. The van der Waals surface area contributed by atoms with Gasteiger partial charge in [-0.25, -0.2) is 0 Å². The summed E-state index contributed by atoms with van der Waals surface area (Å²) in [4.78, 5) is 0. The van der Waals surface area contributed by atoms with E-state index in [1.165, 1.54) is 0 Å². The van der Waals surface area contributed by atoms with Crippen LogP contribution in [0.2, 0.25) is 0 Å². The molecule has 0 saturated heterocycles. The van der Waals surface area contributed by atoms with Gasteiger partial charge in [0.25, 0.3) is 0 Å². The Bertz CT molecular complexity index is 136. The molecule has 0 aliphatic heterocycles. The lowest BCUT2D eigenvalue weighted by Crippen LogP contribution is -2.16. The Morgan fingerprint density at radius 3 is 2.23 bits per heavy atom. The van der Waals surface area contributed by atoms with Crippen LogP contribution < -0.4 is 0 Å². The van der Waals surface area contributed by atoms with Crippen LogP contribution >= 0.6 is 22.6 Å². The van der Waals surface area contributed by atoms with Gasteiger partial charge in [0.1, 0.15) is 0 Å². The van der Waals surface area contributed by atoms with Gasteiger partial charge in [-0.15, -0.1) is 0 Å². The van der Waals surface area contributed by atoms with E-state index in [2.05, 4.69) is 22.6 Å². The number of rotatable bonds is 5. The Hall–Kier alpha value is 0.480. The standard InChI is InChI=1S/C8H14F3IO/c1-6(12)7(5-13)3-2-4-8(9,10)11/h6-7,13H,2-5H2,1H3/t6?,7-/m1/s1. The highest BCUT2D eigenvalue weighted by molar-refractivity contribution is 14.1. The van der Waals surface area contributed by atoms with Crippen molar-refractivity contribution in [3.63, 3.8) is 0 Å². The van der Waals surface area contributed by atoms with E-state index in [0.29, 0.717) is 6.42 Å². The Balaban J connectivity index is 3.62. The SMILES string of the molecule is CC(I)[C@@H](CO)CCCC(F)(F)F. The van der Waals surface area contributed by atoms with Crippen molar-refractivity contribution in [3.8, 4) is 0 Å². The highest BCUT2D eigenvalue weighted by Crippen LogP contribution is 2.25. The summed E-state index contributed by atoms with van der Waals surface area (Å²) >= 11 is 2.12. The molecular weight excluding hydrogens is 296 g/mol. The molecule has 0 aromatic rings. The van der Waals surface area contributed by atoms with Crippen LogP contribution in [0.15, 0.2) is 0 Å². The van der Waals surface area contributed by atoms with Crippen molar-refractivity contribution in [2.75, 3.05) is 6.61 Å². The van der Waals surface area contributed by atoms with E-state index in [1.807, 2.05) is 6.92 Å². The second-order valence-corrected chi connectivity index (χ2v) is 5.09. The van der Waals surface area contributed by atoms with Gasteiger partial charge in [0.15, 0.2) is 0 Å². The van der Waals surface area contributed by atoms with Gasteiger partial charge < -0.3 is 5.11 Å². The normalized spacial score (nSPS) is 17.1. The van der Waals surface area contributed by atoms with E-state index in [-0.39, 0.29) is 22.9 Å². The molecule has 0 rings (SSSR count). The number of aliphatic hydroxyl groups is 1. The first-order valence-electron chi connectivity index (χ1n) is 4.18. The Labute approximate surface area is 89.8 Å². The van der Waals surface area contributed by atoms with Crippen molar-refractivity contribution in [1.82, 2.24) is 0 Å². The Morgan fingerprint density at radius 1 is 1.38 bits per heavy atom. The van der Waals surface area contributed by atoms with Gasteiger partial charge in [-0.1, -0.05) is 29.5 Å². The van der Waals surface area contributed by atoms with Gasteiger partial charge in [0, 0.05) is 17.0 Å². The van der Waals surface area contributed by atoms with Gasteiger partial charge >= 0.3 is 6.18 Å². The largest absolute Gasteiger partial charge is 0.396 e. The van der Waals surface area contributed by atoms with Gasteiger partial charge in [-0.05, 0) is 18.8 Å². The van der Waals surface area contributed by atoms with Crippen LogP contribution in [0.25, 0.3) is 0 Å². The Morgan fingerprint density at radius 2 is 1.92 bits per heavy atom. The molecule has 1 unspecified atom stereocenters. The van der Waals surface area contributed by atoms with Crippen LogP contribution in [0.5, 0.6) is 0 Å². The molecule has 0 aromatic heterocycles. The molecule has 13 heavy (non-hydrogen) atoms. The van der Waals surface area contributed by atoms with Crippen molar-refractivity contribution in [1.29, 1.82) is 0 Å². The van der Waals surface area contributed by atoms with Gasteiger partial charge in [0.2, 0.25) is 0 Å². The quantitative estimate of drug-likeness (QED) is 0.611. The van der Waals surface area contributed by atoms with Gasteiger partial charge in [0.05, 0.1) is 0 Å². The molecule has 1 N–H and O–H groups in total. The summed E-state index contributed by atoms with van der Waals surface area (Å²) in [5, 5.41) is 8.84. The molecule has 0 heterocycles. The zero-order valence-electron chi connectivity index (χ0n) is 7.44. The minimum Gasteiger partial charge on any atom is -0.396 e. The molecule has 0 saturated carbocycles. The molecular formula is C8H14F3IO. The van der Waals surface area contributed by atoms with Crippen LogP contribution in [0.4, 0.5) is 13.2 Å². The predicted molar refractivity (Wildman–Crippen MR) is 54.0 cm³/mol. The lowest BCUT2D eigenvalue weighted by Gasteiger charge is -2.16.